The second-order valence-electron chi connectivity index (χ2n) is 3.94. The first-order chi connectivity index (χ1) is 8.38. The van der Waals surface area contributed by atoms with Crippen molar-refractivity contribution in [2.75, 3.05) is 5.75 Å². The minimum atomic E-state index is -3.46. The average Bonchev–Trinajstić information content (AvgIpc) is 2.32. The molecule has 1 rings (SSSR count). The van der Waals surface area contributed by atoms with Gasteiger partial charge in [-0.25, -0.2) is 17.2 Å². The Hall–Kier alpha value is -1.48. The molecule has 0 bridgehead atoms. The fraction of sp³-hybridized carbons (Fsp3) is 0.417. The molecular formula is C12H13F2NO2S. The lowest BCUT2D eigenvalue weighted by Gasteiger charge is -2.13. The molecule has 1 atom stereocenters. The SMILES string of the molecule is CC(c1ccc(F)c(F)c1)S(=O)(=O)CCCC#N. The van der Waals surface area contributed by atoms with E-state index in [-0.39, 0.29) is 24.2 Å². The van der Waals surface area contributed by atoms with Gasteiger partial charge in [-0.2, -0.15) is 5.26 Å². The molecule has 0 N–H and O–H groups in total. The van der Waals surface area contributed by atoms with Gasteiger partial charge in [0.2, 0.25) is 0 Å². The largest absolute Gasteiger partial charge is 0.228 e. The second kappa shape index (κ2) is 5.91. The van der Waals surface area contributed by atoms with E-state index in [4.69, 9.17) is 5.26 Å². The highest BCUT2D eigenvalue weighted by molar-refractivity contribution is 7.91. The van der Waals surface area contributed by atoms with Crippen LogP contribution in [0.5, 0.6) is 0 Å². The Morgan fingerprint density at radius 3 is 2.56 bits per heavy atom. The molecule has 98 valence electrons. The molecule has 0 fully saturated rings. The van der Waals surface area contributed by atoms with Crippen LogP contribution in [0.1, 0.15) is 30.6 Å². The molecule has 18 heavy (non-hydrogen) atoms. The number of halogens is 2. The van der Waals surface area contributed by atoms with Gasteiger partial charge < -0.3 is 0 Å². The number of rotatable bonds is 5. The van der Waals surface area contributed by atoms with E-state index in [9.17, 15) is 17.2 Å². The van der Waals surface area contributed by atoms with E-state index in [1.54, 1.807) is 0 Å². The van der Waals surface area contributed by atoms with E-state index in [0.717, 1.165) is 12.1 Å². The summed E-state index contributed by atoms with van der Waals surface area (Å²) in [4.78, 5) is 0. The zero-order chi connectivity index (χ0) is 13.8. The third kappa shape index (κ3) is 3.50. The second-order valence-corrected chi connectivity index (χ2v) is 6.39. The van der Waals surface area contributed by atoms with E-state index in [0.29, 0.717) is 0 Å². The summed E-state index contributed by atoms with van der Waals surface area (Å²) < 4.78 is 49.5. The van der Waals surface area contributed by atoms with E-state index in [1.165, 1.54) is 13.0 Å². The van der Waals surface area contributed by atoms with Crippen molar-refractivity contribution in [1.82, 2.24) is 0 Å². The van der Waals surface area contributed by atoms with Gasteiger partial charge in [0.15, 0.2) is 21.5 Å². The maximum Gasteiger partial charge on any atom is 0.159 e. The van der Waals surface area contributed by atoms with E-state index < -0.39 is 26.7 Å². The first-order valence-corrected chi connectivity index (χ1v) is 7.13. The molecule has 6 heteroatoms. The van der Waals surface area contributed by atoms with E-state index in [1.807, 2.05) is 6.07 Å². The van der Waals surface area contributed by atoms with Gasteiger partial charge >= 0.3 is 0 Å². The van der Waals surface area contributed by atoms with Crippen molar-refractivity contribution >= 4 is 9.84 Å². The van der Waals surface area contributed by atoms with Gasteiger partial charge in [-0.3, -0.25) is 0 Å². The summed E-state index contributed by atoms with van der Waals surface area (Å²) in [5.41, 5.74) is 0.214. The lowest BCUT2D eigenvalue weighted by Crippen LogP contribution is -2.14. The summed E-state index contributed by atoms with van der Waals surface area (Å²) in [6.45, 7) is 1.42. The molecule has 1 unspecified atom stereocenters. The molecule has 0 aromatic heterocycles. The number of nitriles is 1. The highest BCUT2D eigenvalue weighted by Gasteiger charge is 2.23. The van der Waals surface area contributed by atoms with Gasteiger partial charge in [-0.1, -0.05) is 6.07 Å². The average molecular weight is 273 g/mol. The zero-order valence-corrected chi connectivity index (χ0v) is 10.7. The van der Waals surface area contributed by atoms with Crippen LogP contribution in [0, 0.1) is 23.0 Å². The van der Waals surface area contributed by atoms with Gasteiger partial charge in [0.1, 0.15) is 0 Å². The Kier molecular flexibility index (Phi) is 4.79. The van der Waals surface area contributed by atoms with Crippen molar-refractivity contribution in [2.45, 2.75) is 25.0 Å². The van der Waals surface area contributed by atoms with Crippen LogP contribution >= 0.6 is 0 Å². The summed E-state index contributed by atoms with van der Waals surface area (Å²) >= 11 is 0. The van der Waals surface area contributed by atoms with Gasteiger partial charge in [-0.15, -0.1) is 0 Å². The lowest BCUT2D eigenvalue weighted by atomic mass is 10.1. The third-order valence-corrected chi connectivity index (χ3v) is 4.88. The number of hydrogen-bond acceptors (Lipinski definition) is 3. The maximum absolute atomic E-state index is 13.0. The molecule has 1 aromatic rings. The predicted octanol–water partition coefficient (Wildman–Crippen LogP) is 2.74. The molecular weight excluding hydrogens is 260 g/mol. The minimum Gasteiger partial charge on any atom is -0.228 e. The van der Waals surface area contributed by atoms with E-state index >= 15 is 0 Å². The van der Waals surface area contributed by atoms with Crippen molar-refractivity contribution in [3.63, 3.8) is 0 Å². The number of unbranched alkanes of at least 4 members (excludes halogenated alkanes) is 1. The summed E-state index contributed by atoms with van der Waals surface area (Å²) in [7, 11) is -3.46. The van der Waals surface area contributed by atoms with Crippen molar-refractivity contribution in [3.05, 3.63) is 35.4 Å². The molecule has 0 aliphatic heterocycles. The van der Waals surface area contributed by atoms with Crippen LogP contribution in [0.4, 0.5) is 8.78 Å². The lowest BCUT2D eigenvalue weighted by molar-refractivity contribution is 0.506. The monoisotopic (exact) mass is 273 g/mol. The number of nitrogens with zero attached hydrogens (tertiary/aromatic N) is 1. The van der Waals surface area contributed by atoms with Crippen LogP contribution < -0.4 is 0 Å². The summed E-state index contributed by atoms with van der Waals surface area (Å²) in [5, 5.41) is 7.44. The Bertz CT molecular complexity index is 564. The Morgan fingerprint density at radius 1 is 1.33 bits per heavy atom. The molecule has 1 aromatic carbocycles. The predicted molar refractivity (Wildman–Crippen MR) is 63.4 cm³/mol. The maximum atomic E-state index is 13.0. The normalized spacial score (nSPS) is 13.0. The summed E-state index contributed by atoms with van der Waals surface area (Å²) in [6, 6.07) is 4.92. The Balaban J connectivity index is 2.89. The van der Waals surface area contributed by atoms with Crippen LogP contribution in [-0.2, 0) is 9.84 Å². The van der Waals surface area contributed by atoms with Crippen LogP contribution in [0.15, 0.2) is 18.2 Å². The van der Waals surface area contributed by atoms with Gasteiger partial charge in [0.25, 0.3) is 0 Å². The summed E-state index contributed by atoms with van der Waals surface area (Å²) in [6.07, 6.45) is 0.399. The summed E-state index contributed by atoms with van der Waals surface area (Å²) in [5.74, 6) is -2.21. The molecule has 0 spiro atoms. The van der Waals surface area contributed by atoms with Crippen molar-refractivity contribution in [1.29, 1.82) is 5.26 Å². The quantitative estimate of drug-likeness (QED) is 0.775. The van der Waals surface area contributed by atoms with Crippen molar-refractivity contribution in [3.8, 4) is 6.07 Å². The van der Waals surface area contributed by atoms with E-state index in [2.05, 4.69) is 0 Å². The topological polar surface area (TPSA) is 57.9 Å². The first kappa shape index (κ1) is 14.6. The van der Waals surface area contributed by atoms with Crippen LogP contribution in [0.2, 0.25) is 0 Å². The van der Waals surface area contributed by atoms with Crippen LogP contribution in [-0.4, -0.2) is 14.2 Å². The van der Waals surface area contributed by atoms with Crippen molar-refractivity contribution in [2.24, 2.45) is 0 Å². The molecule has 3 nitrogen and oxygen atoms in total. The third-order valence-electron chi connectivity index (χ3n) is 2.67. The Labute approximate surface area is 105 Å². The zero-order valence-electron chi connectivity index (χ0n) is 9.86. The Morgan fingerprint density at radius 2 is 2.00 bits per heavy atom. The number of sulfone groups is 1. The number of hydrogen-bond donors (Lipinski definition) is 0. The highest BCUT2D eigenvalue weighted by Crippen LogP contribution is 2.24. The molecule has 0 heterocycles. The molecule has 0 saturated carbocycles. The molecule has 0 aliphatic carbocycles. The van der Waals surface area contributed by atoms with Crippen LogP contribution in [0.25, 0.3) is 0 Å². The molecule has 0 aliphatic rings. The van der Waals surface area contributed by atoms with Crippen LogP contribution in [0.3, 0.4) is 0 Å². The van der Waals surface area contributed by atoms with Gasteiger partial charge in [-0.05, 0) is 31.0 Å². The fourth-order valence-electron chi connectivity index (χ4n) is 1.50. The molecule has 0 saturated heterocycles. The van der Waals surface area contributed by atoms with Gasteiger partial charge in [0.05, 0.1) is 17.1 Å². The van der Waals surface area contributed by atoms with Gasteiger partial charge in [0, 0.05) is 6.42 Å². The number of benzene rings is 1. The smallest absolute Gasteiger partial charge is 0.159 e. The molecule has 0 amide bonds. The van der Waals surface area contributed by atoms with Crippen molar-refractivity contribution < 1.29 is 17.2 Å². The standard InChI is InChI=1S/C12H13F2NO2S/c1-9(18(16,17)7-3-2-6-15)10-4-5-11(13)12(14)8-10/h4-5,8-9H,2-3,7H2,1H3. The first-order valence-electron chi connectivity index (χ1n) is 5.42. The highest BCUT2D eigenvalue weighted by atomic mass is 32.2. The molecule has 0 radical (unpaired) electrons. The minimum absolute atomic E-state index is 0.138. The fourth-order valence-corrected chi connectivity index (χ4v) is 2.96.